The molecule has 0 bridgehead atoms. The number of imidazole rings is 2. The maximum atomic E-state index is 14.6. The summed E-state index contributed by atoms with van der Waals surface area (Å²) in [5.41, 5.74) is 0.386. The normalized spacial score (nSPS) is 25.0. The fourth-order valence-corrected chi connectivity index (χ4v) is 49.8. The van der Waals surface area contributed by atoms with Crippen LogP contribution in [-0.4, -0.2) is 117 Å². The second-order valence-electron chi connectivity index (χ2n) is 19.3. The van der Waals surface area contributed by atoms with Crippen LogP contribution < -0.4 is 16.2 Å². The van der Waals surface area contributed by atoms with E-state index in [2.05, 4.69) is 40.5 Å². The number of hydrogen-bond acceptors (Lipinski definition) is 20. The highest BCUT2D eigenvalue weighted by Gasteiger charge is 2.56. The highest BCUT2D eigenvalue weighted by atomic mass is 33.5. The first-order valence-electron chi connectivity index (χ1n) is 24.1. The van der Waals surface area contributed by atoms with E-state index < -0.39 is 96.6 Å². The summed E-state index contributed by atoms with van der Waals surface area (Å²) in [6.07, 6.45) is -3.45. The number of amides is 2. The van der Waals surface area contributed by atoms with E-state index in [0.717, 1.165) is 0 Å². The van der Waals surface area contributed by atoms with Gasteiger partial charge in [0.2, 0.25) is 11.9 Å². The van der Waals surface area contributed by atoms with Gasteiger partial charge in [0.1, 0.15) is 43.1 Å². The minimum Gasteiger partial charge on any atom is -0.407 e. The van der Waals surface area contributed by atoms with Crippen LogP contribution in [0.2, 0.25) is 18.1 Å². The van der Waals surface area contributed by atoms with E-state index in [1.165, 1.54) is 55.1 Å². The Morgan fingerprint density at radius 3 is 1.88 bits per heavy atom. The van der Waals surface area contributed by atoms with Crippen LogP contribution >= 0.6 is 15.4 Å². The summed E-state index contributed by atoms with van der Waals surface area (Å²) < 4.78 is 82.7. The number of nitrogens with one attached hydrogen (secondary N) is 3. The molecule has 23 nitrogen and oxygen atoms in total. The summed E-state index contributed by atoms with van der Waals surface area (Å²) in [4.78, 5) is 63.5. The number of ether oxygens (including phenoxy) is 2. The van der Waals surface area contributed by atoms with E-state index in [1.54, 1.807) is 180 Å². The van der Waals surface area contributed by atoms with E-state index in [9.17, 15) is 23.5 Å². The lowest BCUT2D eigenvalue weighted by Crippen LogP contribution is -2.49. The number of aromatic nitrogens is 8. The van der Waals surface area contributed by atoms with Gasteiger partial charge in [-0.25, -0.2) is 24.5 Å². The van der Waals surface area contributed by atoms with Crippen LogP contribution in [0, 0.1) is 11.8 Å². The molecule has 1 aromatic carbocycles. The molecule has 2 amide bonds. The number of H-pyrrole nitrogens is 1. The van der Waals surface area contributed by atoms with Crippen molar-refractivity contribution in [3.63, 3.8) is 0 Å². The fourth-order valence-electron chi connectivity index (χ4n) is 7.72. The summed E-state index contributed by atoms with van der Waals surface area (Å²) in [5, 5.41) is 5.06. The third kappa shape index (κ3) is 19.2. The van der Waals surface area contributed by atoms with E-state index in [0.29, 0.717) is 11.2 Å². The first kappa shape index (κ1) is 70.8. The molecule has 0 radical (unpaired) electrons. The summed E-state index contributed by atoms with van der Waals surface area (Å²) in [6, 6.07) is 8.63. The number of nitrogens with zero attached hydrogens (tertiary/aromatic N) is 7. The Kier molecular flexibility index (Phi) is 27.9. The van der Waals surface area contributed by atoms with Crippen LogP contribution in [0.5, 0.6) is 0 Å². The number of rotatable bonds is 9. The molecule has 7 heterocycles. The van der Waals surface area contributed by atoms with Gasteiger partial charge < -0.3 is 23.7 Å². The molecule has 3 aliphatic heterocycles. The number of phosphoric acid groups is 1. The predicted molar refractivity (Wildman–Crippen MR) is 373 cm³/mol. The van der Waals surface area contributed by atoms with E-state index >= 15 is 0 Å². The van der Waals surface area contributed by atoms with Gasteiger partial charge in [0, 0.05) is 196 Å². The average molecular weight is 1550 g/mol. The smallest absolute Gasteiger partial charge is 0.407 e. The lowest BCUT2D eigenvalue weighted by molar-refractivity contribution is -0.118. The number of phosphoric ester groups is 1. The van der Waals surface area contributed by atoms with Gasteiger partial charge in [0.25, 0.3) is 11.5 Å². The van der Waals surface area contributed by atoms with Gasteiger partial charge in [-0.1, -0.05) is 59.7 Å². The van der Waals surface area contributed by atoms with Crippen molar-refractivity contribution in [2.45, 2.75) is 103 Å². The van der Waals surface area contributed by atoms with Crippen molar-refractivity contribution < 1.29 is 55.2 Å². The Hall–Kier alpha value is -0.623. The SMILES string of the molecule is COP1(=O)OC[C@H]2O[C@@H](n3cnc4c(=O)[nH]c(NC(=O)C(C)C)nc43)C(O[Si](C)(C)C(C)(C)C)[C@H]2OP(C)(=O)OC[C@H]2O[C@@H](n3cnc4c(NC(=O)c5ccccc5)ncnc43)C(C)[C@H]2O1.S=S=S=S=S=S=S=S=S=S=S=S=S=S=S=S=S=S. The van der Waals surface area contributed by atoms with Crippen LogP contribution in [0.25, 0.3) is 22.3 Å². The molecule has 0 saturated carbocycles. The topological polar surface area (TPSA) is 273 Å². The number of anilines is 2. The van der Waals surface area contributed by atoms with E-state index in [-0.39, 0.29) is 46.0 Å². The fraction of sp³-hybridized carbons (Fsp3) is 0.550. The average Bonchev–Trinajstić information content (AvgIpc) is 2.10. The van der Waals surface area contributed by atoms with Gasteiger partial charge in [-0.05, 0) is 30.3 Å². The Morgan fingerprint density at radius 2 is 1.31 bits per heavy atom. The molecular formula is C40H54N10O13P2S18Si. The summed E-state index contributed by atoms with van der Waals surface area (Å²) >= 11 is 9.49. The Balaban J connectivity index is 0.000000485. The van der Waals surface area contributed by atoms with Crippen LogP contribution in [0.3, 0.4) is 0 Å². The zero-order valence-corrected chi connectivity index (χ0v) is 62.9. The molecule has 3 aliphatic rings. The summed E-state index contributed by atoms with van der Waals surface area (Å²) in [6.45, 7) is 15.8. The molecule has 10 atom stereocenters. The molecule has 4 aromatic heterocycles. The highest BCUT2D eigenvalue weighted by Crippen LogP contribution is 2.57. The van der Waals surface area contributed by atoms with Crippen molar-refractivity contribution in [1.29, 1.82) is 0 Å². The monoisotopic (exact) mass is 1550 g/mol. The van der Waals surface area contributed by atoms with Gasteiger partial charge in [-0.3, -0.25) is 56.5 Å². The number of fused-ring (bicyclic) bond motifs is 4. The predicted octanol–water partition coefficient (Wildman–Crippen LogP) is 5.98. The zero-order chi connectivity index (χ0) is 60.8. The van der Waals surface area contributed by atoms with Crippen molar-refractivity contribution in [1.82, 2.24) is 39.0 Å². The summed E-state index contributed by atoms with van der Waals surface area (Å²) in [7, 11) is 17.1. The Bertz CT molecular complexity index is 4140. The highest BCUT2D eigenvalue weighted by molar-refractivity contribution is 8.77. The Labute approximate surface area is 539 Å². The number of carbonyl (C=O) groups is 2. The third-order valence-electron chi connectivity index (χ3n) is 12.6. The second-order valence-corrected chi connectivity index (χ2v) is 56.1. The maximum Gasteiger partial charge on any atom is 0.474 e. The minimum atomic E-state index is -4.47. The summed E-state index contributed by atoms with van der Waals surface area (Å²) in [5.74, 6) is -1.75. The number of aromatic amines is 1. The Morgan fingerprint density at radius 1 is 0.762 bits per heavy atom. The second kappa shape index (κ2) is 33.1. The van der Waals surface area contributed by atoms with Crippen LogP contribution in [-0.2, 0) is 215 Å². The molecule has 3 saturated heterocycles. The quantitative estimate of drug-likeness (QED) is 0.113. The lowest BCUT2D eigenvalue weighted by Gasteiger charge is -2.41. The first-order chi connectivity index (χ1) is 40.0. The van der Waals surface area contributed by atoms with Gasteiger partial charge in [0.15, 0.2) is 42.7 Å². The van der Waals surface area contributed by atoms with Crippen molar-refractivity contribution in [2.75, 3.05) is 37.6 Å². The lowest BCUT2D eigenvalue weighted by atomic mass is 10.0. The molecular weight excluding hydrogens is 1500 g/mol. The van der Waals surface area contributed by atoms with Gasteiger partial charge in [-0.15, -0.1) is 0 Å². The molecule has 4 unspecified atom stereocenters. The number of hydrogen-bond donors (Lipinski definition) is 3. The largest absolute Gasteiger partial charge is 0.474 e. The van der Waals surface area contributed by atoms with Crippen molar-refractivity contribution in [3.8, 4) is 0 Å². The number of benzene rings is 1. The van der Waals surface area contributed by atoms with Crippen molar-refractivity contribution in [3.05, 3.63) is 65.2 Å². The first-order valence-corrected chi connectivity index (χ1v) is 53.1. The molecule has 3 fully saturated rings. The minimum absolute atomic E-state index is 0.0468. The van der Waals surface area contributed by atoms with Crippen LogP contribution in [0.1, 0.15) is 64.4 Å². The van der Waals surface area contributed by atoms with Crippen LogP contribution in [0.4, 0.5) is 11.8 Å². The number of carbonyl (C=O) groups excluding carboxylic acids is 2. The standard InChI is InChI=1S/C40H54N10O13P2Si.S18/c1-21(2)34(51)47-39-46-33-27(36(53)48-39)44-20-50(33)38-30(63-66(9,10)40(4,5)6)29-25(60-38)17-58-65(55,56-7)62-28-22(3)37(59-24(28)16-57-64(8,54)61-29)49-19-43-26-31(41-18-42-32(26)49)45-35(52)23-14-12-11-13-15-23;1-3-5-7-9-11-13-15-17-18-16-14-12-10-8-6-4-2/h11-15,18-22,24-25,28-30,37-38H,16-17H2,1-10H3,(H,41,42,45,52)(H2,46,47,48,51,53);/t22?,24-,25-,28-,29+,30?,37-,38-,64?,65?;/m1./s1. The molecule has 0 spiro atoms. The molecule has 5 aromatic rings. The van der Waals surface area contributed by atoms with Gasteiger partial charge in [0.05, 0.1) is 25.9 Å². The van der Waals surface area contributed by atoms with Gasteiger partial charge in [-0.2, -0.15) is 4.98 Å². The molecule has 464 valence electrons. The molecule has 84 heavy (non-hydrogen) atoms. The molecule has 44 heteroatoms. The molecule has 3 N–H and O–H groups in total. The van der Waals surface area contributed by atoms with Crippen molar-refractivity contribution in [2.24, 2.45) is 11.8 Å². The van der Waals surface area contributed by atoms with E-state index in [1.807, 2.05) is 33.9 Å². The third-order valence-corrected chi connectivity index (χ3v) is 53.1. The molecule has 0 aliphatic carbocycles. The van der Waals surface area contributed by atoms with Crippen molar-refractivity contribution >= 4 is 234 Å². The van der Waals surface area contributed by atoms with E-state index in [4.69, 9.17) is 58.9 Å². The van der Waals surface area contributed by atoms with Crippen LogP contribution in [0.15, 0.2) is 54.1 Å². The maximum absolute atomic E-state index is 14.6. The zero-order valence-electron chi connectivity index (χ0n) is 45.4. The molecule has 8 rings (SSSR count). The van der Waals surface area contributed by atoms with Gasteiger partial charge >= 0.3 is 15.4 Å².